The van der Waals surface area contributed by atoms with Crippen LogP contribution in [0, 0.1) is 0 Å². The monoisotopic (exact) mass is 425 g/mol. The average Bonchev–Trinajstić information content (AvgIpc) is 3.29. The molecule has 4 heterocycles. The smallest absolute Gasteiger partial charge is 0.257 e. The van der Waals surface area contributed by atoms with Gasteiger partial charge in [-0.2, -0.15) is 5.10 Å². The summed E-state index contributed by atoms with van der Waals surface area (Å²) in [4.78, 5) is 31.4. The van der Waals surface area contributed by atoms with Gasteiger partial charge in [-0.05, 0) is 55.7 Å². The topological polar surface area (TPSA) is 79.6 Å². The molecule has 160 valence electrons. The van der Waals surface area contributed by atoms with Crippen LogP contribution in [0.2, 0.25) is 0 Å². The maximum Gasteiger partial charge on any atom is 0.257 e. The highest BCUT2D eigenvalue weighted by molar-refractivity contribution is 6.04. The standard InChI is InChI=1S/C25H23N5O2/c31-24(28-20-11-13-26-14-12-20)19-9-7-18(8-10-19)22-5-4-6-23-21(17-27-30(22)23)25(32)29-15-2-1-3-16-29/h4-14,17H,1-3,15-16H2,(H,26,28,31). The second-order valence-corrected chi connectivity index (χ2v) is 7.89. The van der Waals surface area contributed by atoms with Gasteiger partial charge in [0.1, 0.15) is 0 Å². The van der Waals surface area contributed by atoms with Gasteiger partial charge in [0.25, 0.3) is 11.8 Å². The SMILES string of the molecule is O=C(Nc1ccncc1)c1ccc(-c2cccc3c(C(=O)N4CCCCC4)cnn23)cc1. The minimum Gasteiger partial charge on any atom is -0.339 e. The van der Waals surface area contributed by atoms with Gasteiger partial charge in [0.05, 0.1) is 23.0 Å². The molecule has 0 radical (unpaired) electrons. The van der Waals surface area contributed by atoms with Crippen molar-refractivity contribution in [3.05, 3.63) is 84.3 Å². The lowest BCUT2D eigenvalue weighted by Gasteiger charge is -2.26. The fourth-order valence-corrected chi connectivity index (χ4v) is 4.09. The van der Waals surface area contributed by atoms with Crippen LogP contribution in [0.5, 0.6) is 0 Å². The molecule has 3 aromatic heterocycles. The van der Waals surface area contributed by atoms with E-state index in [2.05, 4.69) is 15.4 Å². The van der Waals surface area contributed by atoms with Crippen molar-refractivity contribution in [3.8, 4) is 11.3 Å². The van der Waals surface area contributed by atoms with E-state index in [-0.39, 0.29) is 11.8 Å². The molecule has 1 saturated heterocycles. The number of pyridine rings is 2. The van der Waals surface area contributed by atoms with Gasteiger partial charge in [0.2, 0.25) is 0 Å². The number of carbonyl (C=O) groups excluding carboxylic acids is 2. The number of fused-ring (bicyclic) bond motifs is 1. The highest BCUT2D eigenvalue weighted by Gasteiger charge is 2.22. The Balaban J connectivity index is 1.40. The molecule has 0 aliphatic carbocycles. The van der Waals surface area contributed by atoms with Crippen molar-refractivity contribution < 1.29 is 9.59 Å². The Morgan fingerprint density at radius 3 is 2.38 bits per heavy atom. The first-order chi connectivity index (χ1) is 15.7. The van der Waals surface area contributed by atoms with Crippen molar-refractivity contribution in [1.29, 1.82) is 0 Å². The van der Waals surface area contributed by atoms with Crippen molar-refractivity contribution in [1.82, 2.24) is 19.5 Å². The van der Waals surface area contributed by atoms with E-state index in [0.29, 0.717) is 16.8 Å². The number of benzene rings is 1. The minimum absolute atomic E-state index is 0.0416. The number of hydrogen-bond donors (Lipinski definition) is 1. The number of anilines is 1. The van der Waals surface area contributed by atoms with Crippen molar-refractivity contribution >= 4 is 23.0 Å². The Morgan fingerprint density at radius 1 is 0.875 bits per heavy atom. The molecule has 0 saturated carbocycles. The van der Waals surface area contributed by atoms with Crippen LogP contribution in [0.15, 0.2) is 73.2 Å². The van der Waals surface area contributed by atoms with Crippen LogP contribution < -0.4 is 5.32 Å². The predicted molar refractivity (Wildman–Crippen MR) is 123 cm³/mol. The van der Waals surface area contributed by atoms with Gasteiger partial charge >= 0.3 is 0 Å². The third kappa shape index (κ3) is 3.85. The lowest BCUT2D eigenvalue weighted by atomic mass is 10.1. The second kappa shape index (κ2) is 8.63. The molecule has 7 heteroatoms. The molecule has 4 aromatic rings. The molecule has 1 fully saturated rings. The summed E-state index contributed by atoms with van der Waals surface area (Å²) in [6, 6.07) is 16.7. The van der Waals surface area contributed by atoms with Crippen LogP contribution in [0.1, 0.15) is 40.0 Å². The number of aromatic nitrogens is 3. The number of hydrogen-bond acceptors (Lipinski definition) is 4. The van der Waals surface area contributed by atoms with Gasteiger partial charge in [0, 0.05) is 42.3 Å². The van der Waals surface area contributed by atoms with E-state index in [9.17, 15) is 9.59 Å². The Hall–Kier alpha value is -4.00. The van der Waals surface area contributed by atoms with Gasteiger partial charge in [0.15, 0.2) is 0 Å². The Morgan fingerprint density at radius 2 is 1.62 bits per heavy atom. The summed E-state index contributed by atoms with van der Waals surface area (Å²) >= 11 is 0. The van der Waals surface area contributed by atoms with Crippen LogP contribution in [0.25, 0.3) is 16.8 Å². The number of nitrogens with zero attached hydrogens (tertiary/aromatic N) is 4. The number of carbonyl (C=O) groups is 2. The highest BCUT2D eigenvalue weighted by atomic mass is 16.2. The average molecular weight is 425 g/mol. The summed E-state index contributed by atoms with van der Waals surface area (Å²) in [5.74, 6) is -0.144. The summed E-state index contributed by atoms with van der Waals surface area (Å²) in [5, 5.41) is 7.36. The fraction of sp³-hybridized carbons (Fsp3) is 0.200. The molecule has 1 aromatic carbocycles. The largest absolute Gasteiger partial charge is 0.339 e. The molecule has 32 heavy (non-hydrogen) atoms. The molecule has 2 amide bonds. The predicted octanol–water partition coefficient (Wildman–Crippen LogP) is 4.27. The number of amides is 2. The quantitative estimate of drug-likeness (QED) is 0.529. The summed E-state index contributed by atoms with van der Waals surface area (Å²) < 4.78 is 1.79. The Bertz CT molecular complexity index is 1260. The van der Waals surface area contributed by atoms with Crippen molar-refractivity contribution in [2.75, 3.05) is 18.4 Å². The van der Waals surface area contributed by atoms with Crippen molar-refractivity contribution in [2.24, 2.45) is 0 Å². The number of piperidine rings is 1. The lowest BCUT2D eigenvalue weighted by molar-refractivity contribution is 0.0726. The van der Waals surface area contributed by atoms with E-state index >= 15 is 0 Å². The van der Waals surface area contributed by atoms with E-state index in [1.165, 1.54) is 6.42 Å². The molecular formula is C25H23N5O2. The zero-order valence-electron chi connectivity index (χ0n) is 17.6. The van der Waals surface area contributed by atoms with Crippen LogP contribution in [-0.2, 0) is 0 Å². The third-order valence-electron chi connectivity index (χ3n) is 5.80. The summed E-state index contributed by atoms with van der Waals surface area (Å²) in [6.07, 6.45) is 8.21. The van der Waals surface area contributed by atoms with Gasteiger partial charge in [-0.1, -0.05) is 18.2 Å². The van der Waals surface area contributed by atoms with Gasteiger partial charge in [-0.25, -0.2) is 4.52 Å². The molecule has 0 spiro atoms. The van der Waals surface area contributed by atoms with Crippen molar-refractivity contribution in [2.45, 2.75) is 19.3 Å². The molecule has 5 rings (SSSR count). The number of likely N-dealkylation sites (tertiary alicyclic amines) is 1. The van der Waals surface area contributed by atoms with Crippen LogP contribution in [0.3, 0.4) is 0 Å². The molecule has 1 aliphatic rings. The van der Waals surface area contributed by atoms with E-state index < -0.39 is 0 Å². The normalized spacial score (nSPS) is 13.8. The Kier molecular flexibility index (Phi) is 5.37. The van der Waals surface area contributed by atoms with E-state index in [0.717, 1.165) is 42.7 Å². The van der Waals surface area contributed by atoms with Crippen LogP contribution in [0.4, 0.5) is 5.69 Å². The zero-order chi connectivity index (χ0) is 21.9. The second-order valence-electron chi connectivity index (χ2n) is 7.89. The first-order valence-corrected chi connectivity index (χ1v) is 10.8. The molecule has 1 aliphatic heterocycles. The zero-order valence-corrected chi connectivity index (χ0v) is 17.6. The highest BCUT2D eigenvalue weighted by Crippen LogP contribution is 2.24. The molecule has 1 N–H and O–H groups in total. The molecule has 0 unspecified atom stereocenters. The maximum absolute atomic E-state index is 13.0. The van der Waals surface area contributed by atoms with Crippen LogP contribution >= 0.6 is 0 Å². The third-order valence-corrected chi connectivity index (χ3v) is 5.80. The first kappa shape index (κ1) is 19.9. The lowest BCUT2D eigenvalue weighted by Crippen LogP contribution is -2.35. The molecule has 0 atom stereocenters. The van der Waals surface area contributed by atoms with E-state index in [1.54, 1.807) is 47.4 Å². The maximum atomic E-state index is 13.0. The van der Waals surface area contributed by atoms with Gasteiger partial charge in [-0.3, -0.25) is 14.6 Å². The first-order valence-electron chi connectivity index (χ1n) is 10.8. The summed E-state index contributed by atoms with van der Waals surface area (Å²) in [7, 11) is 0. The van der Waals surface area contributed by atoms with E-state index in [4.69, 9.17) is 0 Å². The fourth-order valence-electron chi connectivity index (χ4n) is 4.09. The number of nitrogens with one attached hydrogen (secondary N) is 1. The van der Waals surface area contributed by atoms with Crippen molar-refractivity contribution in [3.63, 3.8) is 0 Å². The van der Waals surface area contributed by atoms with E-state index in [1.807, 2.05) is 35.2 Å². The number of rotatable bonds is 4. The summed E-state index contributed by atoms with van der Waals surface area (Å²) in [6.45, 7) is 1.61. The van der Waals surface area contributed by atoms with Crippen LogP contribution in [-0.4, -0.2) is 44.4 Å². The van der Waals surface area contributed by atoms with Gasteiger partial charge in [-0.15, -0.1) is 0 Å². The molecule has 7 nitrogen and oxygen atoms in total. The molecular weight excluding hydrogens is 402 g/mol. The molecule has 0 bridgehead atoms. The Labute approximate surface area is 185 Å². The van der Waals surface area contributed by atoms with Gasteiger partial charge < -0.3 is 10.2 Å². The minimum atomic E-state index is -0.186. The summed E-state index contributed by atoms with van der Waals surface area (Å²) in [5.41, 5.74) is 4.44.